The Labute approximate surface area is 273 Å². The predicted molar refractivity (Wildman–Crippen MR) is 178 cm³/mol. The van der Waals surface area contributed by atoms with Crippen molar-refractivity contribution in [3.05, 3.63) is 93.0 Å². The van der Waals surface area contributed by atoms with Gasteiger partial charge in [-0.25, -0.2) is 4.79 Å². The molecule has 0 fully saturated rings. The quantitative estimate of drug-likeness (QED) is 0.0871. The van der Waals surface area contributed by atoms with Crippen molar-refractivity contribution < 1.29 is 14.6 Å². The summed E-state index contributed by atoms with van der Waals surface area (Å²) in [7, 11) is 0. The molecular weight excluding hydrogens is 613 g/mol. The maximum Gasteiger partial charge on any atom is 0.320 e. The van der Waals surface area contributed by atoms with Crippen molar-refractivity contribution in [3.8, 4) is 5.75 Å². The van der Waals surface area contributed by atoms with E-state index >= 15 is 0 Å². The van der Waals surface area contributed by atoms with E-state index in [1.54, 1.807) is 36.5 Å². The Morgan fingerprint density at radius 3 is 2.40 bits per heavy atom. The highest BCUT2D eigenvalue weighted by atomic mass is 35.5. The molecule has 2 atom stereocenters. The zero-order chi connectivity index (χ0) is 32.7. The van der Waals surface area contributed by atoms with Crippen LogP contribution in [0.3, 0.4) is 0 Å². The van der Waals surface area contributed by atoms with Crippen LogP contribution < -0.4 is 20.9 Å². The normalized spacial score (nSPS) is 16.4. The monoisotopic (exact) mass is 651 g/mol. The Bertz CT molecular complexity index is 1640. The van der Waals surface area contributed by atoms with Crippen LogP contribution in [0, 0.1) is 21.6 Å². The van der Waals surface area contributed by atoms with Crippen molar-refractivity contribution >= 4 is 46.6 Å². The van der Waals surface area contributed by atoms with Gasteiger partial charge in [-0.15, -0.1) is 0 Å². The van der Waals surface area contributed by atoms with Crippen LogP contribution in [0.4, 0.5) is 4.79 Å². The molecule has 0 bridgehead atoms. The first kappa shape index (κ1) is 33.9. The number of aliphatic imine (C=N–C) groups is 1. The number of ether oxygens (including phenoxy) is 1. The number of fused-ring (bicyclic) bond motifs is 1. The van der Waals surface area contributed by atoms with E-state index < -0.39 is 6.03 Å². The lowest BCUT2D eigenvalue weighted by Crippen LogP contribution is -2.43. The summed E-state index contributed by atoms with van der Waals surface area (Å²) in [6.07, 6.45) is 3.13. The molecule has 45 heavy (non-hydrogen) atoms. The first-order valence-corrected chi connectivity index (χ1v) is 15.5. The second-order valence-corrected chi connectivity index (χ2v) is 12.7. The van der Waals surface area contributed by atoms with Gasteiger partial charge in [0.2, 0.25) is 0 Å². The number of rotatable bonds is 9. The predicted octanol–water partition coefficient (Wildman–Crippen LogP) is 6.64. The maximum absolute atomic E-state index is 13.2. The van der Waals surface area contributed by atoms with E-state index in [0.717, 1.165) is 11.1 Å². The fraction of sp³-hybridized carbons (Fsp3) is 0.364. The zero-order valence-electron chi connectivity index (χ0n) is 25.6. The van der Waals surface area contributed by atoms with Gasteiger partial charge in [0.25, 0.3) is 0 Å². The van der Waals surface area contributed by atoms with Crippen molar-refractivity contribution in [2.45, 2.75) is 58.6 Å². The summed E-state index contributed by atoms with van der Waals surface area (Å²) in [5.74, 6) is 0.811. The lowest BCUT2D eigenvalue weighted by atomic mass is 9.85. The van der Waals surface area contributed by atoms with E-state index in [1.165, 1.54) is 4.57 Å². The SMILES string of the molecule is CC(C)(C)C(=N)CC(=NCCCO)NC(=O)NC1CCC(Oc2ccc(=N)n(C(=N)c3c(Cl)cccc3Cl)c2)c2ccccc21. The number of carbonyl (C=O) groups is 1. The van der Waals surface area contributed by atoms with Gasteiger partial charge in [-0.2, -0.15) is 0 Å². The van der Waals surface area contributed by atoms with E-state index in [0.29, 0.717) is 58.7 Å². The molecule has 4 rings (SSSR count). The number of aromatic nitrogens is 1. The first-order chi connectivity index (χ1) is 21.4. The second kappa shape index (κ2) is 14.9. The topological polar surface area (TPSA) is 159 Å². The molecule has 10 nitrogen and oxygen atoms in total. The van der Waals surface area contributed by atoms with Gasteiger partial charge in [-0.05, 0) is 60.1 Å². The number of amides is 2. The first-order valence-electron chi connectivity index (χ1n) is 14.7. The molecule has 0 radical (unpaired) electrons. The summed E-state index contributed by atoms with van der Waals surface area (Å²) in [6, 6.07) is 15.3. The molecule has 2 aromatic carbocycles. The lowest BCUT2D eigenvalue weighted by molar-refractivity contribution is 0.171. The van der Waals surface area contributed by atoms with Gasteiger partial charge in [0.05, 0.1) is 27.8 Å². The summed E-state index contributed by atoms with van der Waals surface area (Å²) in [4.78, 5) is 17.6. The third kappa shape index (κ3) is 8.59. The fourth-order valence-corrected chi connectivity index (χ4v) is 5.53. The minimum absolute atomic E-state index is 0.00664. The molecule has 6 N–H and O–H groups in total. The third-order valence-corrected chi connectivity index (χ3v) is 8.14. The Hall–Kier alpha value is -3.99. The van der Waals surface area contributed by atoms with E-state index in [9.17, 15) is 4.79 Å². The van der Waals surface area contributed by atoms with Crippen molar-refractivity contribution in [3.63, 3.8) is 0 Å². The van der Waals surface area contributed by atoms with Crippen LogP contribution in [0.25, 0.3) is 0 Å². The van der Waals surface area contributed by atoms with Crippen LogP contribution in [-0.4, -0.2) is 46.2 Å². The standard InChI is InChI=1S/C33H39Cl2N7O3/c1-33(2,3)27(36)18-29(39-16-7-17-43)41-32(44)40-25-13-14-26(22-9-5-4-8-21(22)25)45-20-12-15-28(37)42(19-20)31(38)30-23(34)10-6-11-24(30)35/h4-6,8-12,15,19,25-26,36-38,43H,7,13-14,16-18H2,1-3H3,(H2,39,40,41,44). The van der Waals surface area contributed by atoms with E-state index in [4.69, 9.17) is 49.3 Å². The van der Waals surface area contributed by atoms with Crippen LogP contribution in [0.15, 0.2) is 65.8 Å². The third-order valence-electron chi connectivity index (χ3n) is 7.51. The summed E-state index contributed by atoms with van der Waals surface area (Å²) in [6.45, 7) is 6.17. The molecule has 3 aromatic rings. The van der Waals surface area contributed by atoms with Gasteiger partial charge >= 0.3 is 6.03 Å². The highest BCUT2D eigenvalue weighted by Gasteiger charge is 2.30. The smallest absolute Gasteiger partial charge is 0.320 e. The number of amidine groups is 1. The summed E-state index contributed by atoms with van der Waals surface area (Å²) in [5.41, 5.74) is 2.31. The molecule has 1 heterocycles. The van der Waals surface area contributed by atoms with E-state index in [2.05, 4.69) is 15.6 Å². The minimum atomic E-state index is -0.414. The minimum Gasteiger partial charge on any atom is -0.484 e. The Morgan fingerprint density at radius 1 is 1.04 bits per heavy atom. The summed E-state index contributed by atoms with van der Waals surface area (Å²) >= 11 is 12.7. The summed E-state index contributed by atoms with van der Waals surface area (Å²) in [5, 5.41) is 41.2. The highest BCUT2D eigenvalue weighted by molar-refractivity contribution is 6.40. The molecule has 1 aromatic heterocycles. The van der Waals surface area contributed by atoms with Gasteiger partial charge in [0.1, 0.15) is 29.0 Å². The Kier molecular flexibility index (Phi) is 11.2. The van der Waals surface area contributed by atoms with Crippen molar-refractivity contribution in [2.24, 2.45) is 10.4 Å². The van der Waals surface area contributed by atoms with E-state index in [1.807, 2.05) is 45.0 Å². The number of pyridine rings is 1. The number of hydrogen-bond acceptors (Lipinski definition) is 7. The van der Waals surface area contributed by atoms with Gasteiger partial charge in [0.15, 0.2) is 0 Å². The summed E-state index contributed by atoms with van der Waals surface area (Å²) < 4.78 is 7.78. The number of aliphatic hydroxyl groups excluding tert-OH is 1. The van der Waals surface area contributed by atoms with Gasteiger partial charge < -0.3 is 20.6 Å². The second-order valence-electron chi connectivity index (χ2n) is 11.8. The molecule has 2 unspecified atom stereocenters. The number of benzene rings is 2. The molecule has 2 amide bonds. The maximum atomic E-state index is 13.2. The van der Waals surface area contributed by atoms with Gasteiger partial charge in [0, 0.05) is 25.3 Å². The zero-order valence-corrected chi connectivity index (χ0v) is 27.1. The number of aliphatic hydroxyl groups is 1. The number of carbonyl (C=O) groups excluding carboxylic acids is 1. The lowest BCUT2D eigenvalue weighted by Gasteiger charge is -2.32. The van der Waals surface area contributed by atoms with Gasteiger partial charge in [-0.1, -0.05) is 74.3 Å². The average molecular weight is 653 g/mol. The van der Waals surface area contributed by atoms with Crippen molar-refractivity contribution in [1.82, 2.24) is 15.2 Å². The molecule has 238 valence electrons. The molecule has 0 aliphatic heterocycles. The van der Waals surface area contributed by atoms with E-state index in [-0.39, 0.29) is 41.9 Å². The molecule has 0 saturated carbocycles. The number of nitrogens with one attached hydrogen (secondary N) is 5. The average Bonchev–Trinajstić information content (AvgIpc) is 2.98. The van der Waals surface area contributed by atoms with Crippen molar-refractivity contribution in [1.29, 1.82) is 16.2 Å². The molecule has 0 spiro atoms. The Balaban J connectivity index is 1.50. The molecule has 1 aliphatic carbocycles. The van der Waals surface area contributed by atoms with Crippen LogP contribution in [0.1, 0.15) is 75.3 Å². The largest absolute Gasteiger partial charge is 0.484 e. The van der Waals surface area contributed by atoms with Gasteiger partial charge in [-0.3, -0.25) is 25.7 Å². The number of nitrogens with zero attached hydrogens (tertiary/aromatic N) is 2. The molecular formula is C33H39Cl2N7O3. The number of halogens is 2. The van der Waals surface area contributed by atoms with Crippen molar-refractivity contribution in [2.75, 3.05) is 13.2 Å². The number of urea groups is 1. The molecule has 0 saturated heterocycles. The van der Waals surface area contributed by atoms with Crippen LogP contribution in [-0.2, 0) is 0 Å². The molecule has 1 aliphatic rings. The van der Waals surface area contributed by atoms with Crippen LogP contribution in [0.5, 0.6) is 5.75 Å². The fourth-order valence-electron chi connectivity index (χ4n) is 4.95. The highest BCUT2D eigenvalue weighted by Crippen LogP contribution is 2.38. The van der Waals surface area contributed by atoms with Crippen LogP contribution >= 0.6 is 23.2 Å². The van der Waals surface area contributed by atoms with Crippen LogP contribution in [0.2, 0.25) is 10.0 Å². The molecule has 12 heteroatoms. The Morgan fingerprint density at radius 2 is 1.73 bits per heavy atom. The number of hydrogen-bond donors (Lipinski definition) is 6.